The number of hydrogen-bond acceptors (Lipinski definition) is 2. The van der Waals surface area contributed by atoms with Gasteiger partial charge in [0, 0.05) is 23.5 Å². The van der Waals surface area contributed by atoms with Crippen molar-refractivity contribution in [3.05, 3.63) is 34.9 Å². The van der Waals surface area contributed by atoms with Crippen LogP contribution in [0.3, 0.4) is 0 Å². The molecule has 3 heteroatoms. The molecule has 2 unspecified atom stereocenters. The van der Waals surface area contributed by atoms with Gasteiger partial charge in [-0.15, -0.1) is 0 Å². The van der Waals surface area contributed by atoms with Crippen LogP contribution in [0.5, 0.6) is 0 Å². The van der Waals surface area contributed by atoms with Gasteiger partial charge >= 0.3 is 0 Å². The van der Waals surface area contributed by atoms with Gasteiger partial charge in [0.2, 0.25) is 0 Å². The second-order valence-electron chi connectivity index (χ2n) is 6.48. The lowest BCUT2D eigenvalue weighted by atomic mass is 9.71. The Hall–Kier alpha value is -0.860. The largest absolute Gasteiger partial charge is 0.303 e. The van der Waals surface area contributed by atoms with Crippen LogP contribution in [-0.2, 0) is 11.3 Å². The zero-order valence-electron chi connectivity index (χ0n) is 12.4. The second-order valence-corrected chi connectivity index (χ2v) is 6.92. The maximum atomic E-state index is 11.6. The van der Waals surface area contributed by atoms with Gasteiger partial charge in [0.05, 0.1) is 0 Å². The molecule has 0 bridgehead atoms. The molecule has 0 aliphatic heterocycles. The van der Waals surface area contributed by atoms with Crippen LogP contribution in [0.2, 0.25) is 5.02 Å². The fraction of sp³-hybridized carbons (Fsp3) is 0.588. The SMILES string of the molecule is CC1CCCC(C=O)(CN(C)Cc2ccc(Cl)cc2)C1. The van der Waals surface area contributed by atoms with E-state index in [1.165, 1.54) is 24.7 Å². The molecule has 1 fully saturated rings. The van der Waals surface area contributed by atoms with Crippen LogP contribution >= 0.6 is 11.6 Å². The van der Waals surface area contributed by atoms with Crippen LogP contribution < -0.4 is 0 Å². The van der Waals surface area contributed by atoms with E-state index in [0.717, 1.165) is 31.0 Å². The van der Waals surface area contributed by atoms with E-state index in [4.69, 9.17) is 11.6 Å². The Morgan fingerprint density at radius 3 is 2.70 bits per heavy atom. The predicted octanol–water partition coefficient (Wildman–Crippen LogP) is 4.17. The van der Waals surface area contributed by atoms with Crippen molar-refractivity contribution in [3.8, 4) is 0 Å². The van der Waals surface area contributed by atoms with Gasteiger partial charge in [0.1, 0.15) is 6.29 Å². The van der Waals surface area contributed by atoms with Gasteiger partial charge in [0.15, 0.2) is 0 Å². The first-order chi connectivity index (χ1) is 9.53. The second kappa shape index (κ2) is 6.73. The summed E-state index contributed by atoms with van der Waals surface area (Å²) in [5, 5.41) is 0.766. The number of rotatable bonds is 5. The molecule has 0 aromatic heterocycles. The molecule has 0 N–H and O–H groups in total. The number of nitrogens with zero attached hydrogens (tertiary/aromatic N) is 1. The summed E-state index contributed by atoms with van der Waals surface area (Å²) in [5.41, 5.74) is 1.10. The third-order valence-electron chi connectivity index (χ3n) is 4.33. The van der Waals surface area contributed by atoms with Gasteiger partial charge < -0.3 is 9.69 Å². The van der Waals surface area contributed by atoms with E-state index in [9.17, 15) is 4.79 Å². The molecule has 0 amide bonds. The van der Waals surface area contributed by atoms with Crippen molar-refractivity contribution in [2.24, 2.45) is 11.3 Å². The van der Waals surface area contributed by atoms with Gasteiger partial charge in [-0.1, -0.05) is 43.5 Å². The number of halogens is 1. The smallest absolute Gasteiger partial charge is 0.127 e. The van der Waals surface area contributed by atoms with E-state index in [0.29, 0.717) is 5.92 Å². The third kappa shape index (κ3) is 4.07. The minimum atomic E-state index is -0.140. The highest BCUT2D eigenvalue weighted by Gasteiger charge is 2.35. The standard InChI is InChI=1S/C17H24ClNO/c1-14-4-3-9-17(10-14,13-20)12-19(2)11-15-5-7-16(18)8-6-15/h5-8,13-14H,3-4,9-12H2,1-2H3. The Balaban J connectivity index is 1.96. The van der Waals surface area contributed by atoms with Crippen LogP contribution in [0.25, 0.3) is 0 Å². The molecule has 0 radical (unpaired) electrons. The summed E-state index contributed by atoms with van der Waals surface area (Å²) in [6.45, 7) is 3.97. The minimum absolute atomic E-state index is 0.140. The van der Waals surface area contributed by atoms with Crippen molar-refractivity contribution < 1.29 is 4.79 Å². The van der Waals surface area contributed by atoms with Gasteiger partial charge in [-0.05, 0) is 43.5 Å². The normalized spacial score (nSPS) is 26.7. The Bertz CT molecular complexity index is 445. The summed E-state index contributed by atoms with van der Waals surface area (Å²) in [6, 6.07) is 7.94. The molecule has 1 aromatic carbocycles. The number of carbonyl (C=O) groups excluding carboxylic acids is 1. The van der Waals surface area contributed by atoms with Gasteiger partial charge in [-0.25, -0.2) is 0 Å². The van der Waals surface area contributed by atoms with E-state index in [-0.39, 0.29) is 5.41 Å². The Labute approximate surface area is 127 Å². The first-order valence-electron chi connectivity index (χ1n) is 7.42. The quantitative estimate of drug-likeness (QED) is 0.760. The van der Waals surface area contributed by atoms with Gasteiger partial charge in [0.25, 0.3) is 0 Å². The summed E-state index contributed by atoms with van der Waals surface area (Å²) in [6.07, 6.45) is 5.71. The van der Waals surface area contributed by atoms with Crippen LogP contribution in [0.1, 0.15) is 38.2 Å². The monoisotopic (exact) mass is 293 g/mol. The zero-order valence-corrected chi connectivity index (χ0v) is 13.2. The molecular formula is C17H24ClNO. The molecule has 2 atom stereocenters. The average molecular weight is 294 g/mol. The van der Waals surface area contributed by atoms with Crippen molar-refractivity contribution in [1.82, 2.24) is 4.90 Å². The Morgan fingerprint density at radius 1 is 1.40 bits per heavy atom. The average Bonchev–Trinajstić information content (AvgIpc) is 2.41. The summed E-state index contributed by atoms with van der Waals surface area (Å²) in [4.78, 5) is 13.9. The molecule has 0 heterocycles. The van der Waals surface area contributed by atoms with Crippen LogP contribution in [0.15, 0.2) is 24.3 Å². The molecule has 0 saturated heterocycles. The summed E-state index contributed by atoms with van der Waals surface area (Å²) >= 11 is 5.90. The fourth-order valence-corrected chi connectivity index (χ4v) is 3.61. The minimum Gasteiger partial charge on any atom is -0.303 e. The topological polar surface area (TPSA) is 20.3 Å². The van der Waals surface area contributed by atoms with E-state index < -0.39 is 0 Å². The molecule has 1 aliphatic rings. The first kappa shape index (κ1) is 15.5. The molecule has 110 valence electrons. The van der Waals surface area contributed by atoms with Crippen molar-refractivity contribution in [2.75, 3.05) is 13.6 Å². The number of carbonyl (C=O) groups is 1. The number of benzene rings is 1. The molecule has 1 aromatic rings. The van der Waals surface area contributed by atoms with Gasteiger partial charge in [-0.2, -0.15) is 0 Å². The highest BCUT2D eigenvalue weighted by molar-refractivity contribution is 6.30. The number of hydrogen-bond donors (Lipinski definition) is 0. The van der Waals surface area contributed by atoms with Gasteiger partial charge in [-0.3, -0.25) is 0 Å². The Morgan fingerprint density at radius 2 is 2.10 bits per heavy atom. The van der Waals surface area contributed by atoms with Crippen molar-refractivity contribution in [3.63, 3.8) is 0 Å². The molecule has 2 nitrogen and oxygen atoms in total. The molecule has 1 aliphatic carbocycles. The summed E-state index contributed by atoms with van der Waals surface area (Å²) in [5.74, 6) is 0.665. The fourth-order valence-electron chi connectivity index (χ4n) is 3.48. The van der Waals surface area contributed by atoms with E-state index in [1.54, 1.807) is 0 Å². The number of aldehydes is 1. The van der Waals surface area contributed by atoms with E-state index in [2.05, 4.69) is 31.0 Å². The molecular weight excluding hydrogens is 270 g/mol. The maximum absolute atomic E-state index is 11.6. The van der Waals surface area contributed by atoms with E-state index in [1.807, 2.05) is 12.1 Å². The summed E-state index contributed by atoms with van der Waals surface area (Å²) < 4.78 is 0. The lowest BCUT2D eigenvalue weighted by Crippen LogP contribution is -2.40. The lowest BCUT2D eigenvalue weighted by molar-refractivity contribution is -0.119. The third-order valence-corrected chi connectivity index (χ3v) is 4.58. The van der Waals surface area contributed by atoms with E-state index >= 15 is 0 Å². The van der Waals surface area contributed by atoms with Crippen molar-refractivity contribution >= 4 is 17.9 Å². The lowest BCUT2D eigenvalue weighted by Gasteiger charge is -2.38. The predicted molar refractivity (Wildman–Crippen MR) is 83.9 cm³/mol. The molecule has 0 spiro atoms. The van der Waals surface area contributed by atoms with Crippen LogP contribution in [0, 0.1) is 11.3 Å². The van der Waals surface area contributed by atoms with Crippen molar-refractivity contribution in [2.45, 2.75) is 39.2 Å². The highest BCUT2D eigenvalue weighted by atomic mass is 35.5. The molecule has 20 heavy (non-hydrogen) atoms. The molecule has 1 saturated carbocycles. The summed E-state index contributed by atoms with van der Waals surface area (Å²) in [7, 11) is 2.10. The molecule has 2 rings (SSSR count). The first-order valence-corrected chi connectivity index (χ1v) is 7.80. The Kier molecular flexibility index (Phi) is 5.22. The van der Waals surface area contributed by atoms with Crippen LogP contribution in [-0.4, -0.2) is 24.8 Å². The van der Waals surface area contributed by atoms with Crippen molar-refractivity contribution in [1.29, 1.82) is 0 Å². The zero-order chi connectivity index (χ0) is 14.6. The maximum Gasteiger partial charge on any atom is 0.127 e. The van der Waals surface area contributed by atoms with Crippen LogP contribution in [0.4, 0.5) is 0 Å². The highest BCUT2D eigenvalue weighted by Crippen LogP contribution is 2.38.